The quantitative estimate of drug-likeness (QED) is 0.443. The molecule has 0 saturated carbocycles. The van der Waals surface area contributed by atoms with E-state index in [2.05, 4.69) is 4.74 Å². The van der Waals surface area contributed by atoms with Crippen LogP contribution in [0.25, 0.3) is 0 Å². The van der Waals surface area contributed by atoms with Crippen LogP contribution >= 0.6 is 0 Å². The zero-order valence-electron chi connectivity index (χ0n) is 5.83. The fourth-order valence-corrected chi connectivity index (χ4v) is 0.437. The van der Waals surface area contributed by atoms with Crippen LogP contribution in [0.15, 0.2) is 0 Å². The Morgan fingerprint density at radius 1 is 1.90 bits per heavy atom. The molecule has 0 saturated heterocycles. The molecule has 56 valence electrons. The number of terminal acetylenes is 1. The van der Waals surface area contributed by atoms with Crippen molar-refractivity contribution >= 4 is 5.97 Å². The van der Waals surface area contributed by atoms with Gasteiger partial charge < -0.3 is 9.84 Å². The van der Waals surface area contributed by atoms with Crippen molar-refractivity contribution < 1.29 is 14.6 Å². The zero-order chi connectivity index (χ0) is 7.98. The van der Waals surface area contributed by atoms with Gasteiger partial charge in [-0.2, -0.15) is 0 Å². The third kappa shape index (κ3) is 3.93. The molecule has 0 radical (unpaired) electrons. The molecule has 10 heavy (non-hydrogen) atoms. The fourth-order valence-electron chi connectivity index (χ4n) is 0.437. The van der Waals surface area contributed by atoms with Crippen molar-refractivity contribution in [1.82, 2.24) is 0 Å². The number of aliphatic hydroxyl groups excluding tert-OH is 1. The van der Waals surface area contributed by atoms with Gasteiger partial charge in [0, 0.05) is 0 Å². The maximum absolute atomic E-state index is 10.5. The molecule has 0 aromatic carbocycles. The van der Waals surface area contributed by atoms with Crippen molar-refractivity contribution in [2.75, 3.05) is 6.61 Å². The van der Waals surface area contributed by atoms with Crippen molar-refractivity contribution in [2.24, 2.45) is 0 Å². The molecule has 0 fully saturated rings. The molecule has 0 aliphatic heterocycles. The molecule has 3 heteroatoms. The lowest BCUT2D eigenvalue weighted by atomic mass is 10.3. The normalized spacial score (nSPS) is 11.7. The van der Waals surface area contributed by atoms with E-state index in [0.717, 1.165) is 0 Å². The molecule has 0 unspecified atom stereocenters. The SMILES string of the molecule is C#C[C@H](O)CC(=O)OCC. The number of hydrogen-bond donors (Lipinski definition) is 1. The van der Waals surface area contributed by atoms with Gasteiger partial charge in [0.1, 0.15) is 6.10 Å². The van der Waals surface area contributed by atoms with E-state index < -0.39 is 12.1 Å². The summed E-state index contributed by atoms with van der Waals surface area (Å²) in [5.41, 5.74) is 0. The molecular formula is C7H10O3. The Hall–Kier alpha value is -1.01. The standard InChI is InChI=1S/C7H10O3/c1-3-6(8)5-7(9)10-4-2/h1,6,8H,4-5H2,2H3/t6-/m0/s1. The summed E-state index contributed by atoms with van der Waals surface area (Å²) in [4.78, 5) is 10.5. The van der Waals surface area contributed by atoms with Gasteiger partial charge >= 0.3 is 5.97 Å². The lowest BCUT2D eigenvalue weighted by molar-refractivity contribution is -0.144. The van der Waals surface area contributed by atoms with Gasteiger partial charge in [-0.05, 0) is 6.92 Å². The van der Waals surface area contributed by atoms with Gasteiger partial charge in [0.2, 0.25) is 0 Å². The summed E-state index contributed by atoms with van der Waals surface area (Å²) < 4.78 is 4.52. The highest BCUT2D eigenvalue weighted by atomic mass is 16.5. The van der Waals surface area contributed by atoms with Crippen LogP contribution in [0, 0.1) is 12.3 Å². The highest BCUT2D eigenvalue weighted by Gasteiger charge is 2.07. The van der Waals surface area contributed by atoms with Crippen molar-refractivity contribution in [1.29, 1.82) is 0 Å². The number of ether oxygens (including phenoxy) is 1. The number of esters is 1. The Bertz CT molecular complexity index is 145. The third-order valence-electron chi connectivity index (χ3n) is 0.858. The van der Waals surface area contributed by atoms with Crippen LogP contribution in [0.3, 0.4) is 0 Å². The first-order chi connectivity index (χ1) is 4.70. The molecule has 0 aliphatic carbocycles. The number of rotatable bonds is 3. The van der Waals surface area contributed by atoms with Gasteiger partial charge in [0.25, 0.3) is 0 Å². The fraction of sp³-hybridized carbons (Fsp3) is 0.571. The summed E-state index contributed by atoms with van der Waals surface area (Å²) in [5, 5.41) is 8.72. The predicted molar refractivity (Wildman–Crippen MR) is 36.1 cm³/mol. The van der Waals surface area contributed by atoms with Crippen molar-refractivity contribution in [3.8, 4) is 12.3 Å². The molecule has 3 nitrogen and oxygen atoms in total. The van der Waals surface area contributed by atoms with Gasteiger partial charge in [-0.15, -0.1) is 6.42 Å². The monoisotopic (exact) mass is 142 g/mol. The lowest BCUT2D eigenvalue weighted by Crippen LogP contribution is -2.13. The summed E-state index contributed by atoms with van der Waals surface area (Å²) in [7, 11) is 0. The molecular weight excluding hydrogens is 132 g/mol. The first-order valence-corrected chi connectivity index (χ1v) is 3.00. The molecule has 0 aromatic rings. The largest absolute Gasteiger partial charge is 0.466 e. The highest BCUT2D eigenvalue weighted by Crippen LogP contribution is 1.91. The second-order valence-corrected chi connectivity index (χ2v) is 1.69. The summed E-state index contributed by atoms with van der Waals surface area (Å²) in [5.74, 6) is 1.54. The zero-order valence-corrected chi connectivity index (χ0v) is 5.83. The molecule has 0 heterocycles. The van der Waals surface area contributed by atoms with E-state index in [0.29, 0.717) is 6.61 Å². The molecule has 0 spiro atoms. The minimum Gasteiger partial charge on any atom is -0.466 e. The lowest BCUT2D eigenvalue weighted by Gasteiger charge is -2.01. The molecule has 0 bridgehead atoms. The van der Waals surface area contributed by atoms with E-state index in [1.807, 2.05) is 5.92 Å². The van der Waals surface area contributed by atoms with Crippen molar-refractivity contribution in [3.63, 3.8) is 0 Å². The van der Waals surface area contributed by atoms with Crippen LogP contribution in [0.5, 0.6) is 0 Å². The molecule has 0 amide bonds. The third-order valence-corrected chi connectivity index (χ3v) is 0.858. The number of aliphatic hydroxyl groups is 1. The van der Waals surface area contributed by atoms with Crippen LogP contribution in [-0.2, 0) is 9.53 Å². The van der Waals surface area contributed by atoms with E-state index in [9.17, 15) is 4.79 Å². The number of hydrogen-bond acceptors (Lipinski definition) is 3. The Morgan fingerprint density at radius 3 is 2.90 bits per heavy atom. The Balaban J connectivity index is 3.49. The molecule has 0 rings (SSSR count). The predicted octanol–water partition coefficient (Wildman–Crippen LogP) is -0.0663. The van der Waals surface area contributed by atoms with E-state index >= 15 is 0 Å². The van der Waals surface area contributed by atoms with E-state index in [-0.39, 0.29) is 6.42 Å². The van der Waals surface area contributed by atoms with E-state index in [1.54, 1.807) is 6.92 Å². The van der Waals surface area contributed by atoms with Crippen LogP contribution < -0.4 is 0 Å². The van der Waals surface area contributed by atoms with Crippen LogP contribution in [0.4, 0.5) is 0 Å². The van der Waals surface area contributed by atoms with Gasteiger partial charge in [-0.25, -0.2) is 0 Å². The Labute approximate surface area is 60.0 Å². The summed E-state index contributed by atoms with van der Waals surface area (Å²) in [6, 6.07) is 0. The van der Waals surface area contributed by atoms with Crippen LogP contribution in [-0.4, -0.2) is 23.8 Å². The maximum Gasteiger partial charge on any atom is 0.309 e. The first-order valence-electron chi connectivity index (χ1n) is 3.00. The smallest absolute Gasteiger partial charge is 0.309 e. The topological polar surface area (TPSA) is 46.5 Å². The minimum atomic E-state index is -1.01. The number of carbonyl (C=O) groups excluding carboxylic acids is 1. The Morgan fingerprint density at radius 2 is 2.50 bits per heavy atom. The molecule has 1 atom stereocenters. The van der Waals surface area contributed by atoms with Crippen molar-refractivity contribution in [3.05, 3.63) is 0 Å². The summed E-state index contributed by atoms with van der Waals surface area (Å²) in [6.45, 7) is 2.01. The average Bonchev–Trinajstić information content (AvgIpc) is 1.88. The highest BCUT2D eigenvalue weighted by molar-refractivity contribution is 5.70. The van der Waals surface area contributed by atoms with Crippen molar-refractivity contribution in [2.45, 2.75) is 19.4 Å². The maximum atomic E-state index is 10.5. The summed E-state index contributed by atoms with van der Waals surface area (Å²) in [6.07, 6.45) is 3.67. The van der Waals surface area contributed by atoms with Gasteiger partial charge in [0.05, 0.1) is 13.0 Å². The minimum absolute atomic E-state index is 0.121. The van der Waals surface area contributed by atoms with Gasteiger partial charge in [-0.3, -0.25) is 4.79 Å². The van der Waals surface area contributed by atoms with Gasteiger partial charge in [0.15, 0.2) is 0 Å². The Kier molecular flexibility index (Phi) is 4.34. The second kappa shape index (κ2) is 4.83. The summed E-state index contributed by atoms with van der Waals surface area (Å²) >= 11 is 0. The van der Waals surface area contributed by atoms with Gasteiger partial charge in [-0.1, -0.05) is 5.92 Å². The number of carbonyl (C=O) groups is 1. The molecule has 0 aliphatic rings. The van der Waals surface area contributed by atoms with Crippen LogP contribution in [0.2, 0.25) is 0 Å². The molecule has 0 aromatic heterocycles. The first kappa shape index (κ1) is 8.99. The average molecular weight is 142 g/mol. The van der Waals surface area contributed by atoms with E-state index in [1.165, 1.54) is 0 Å². The van der Waals surface area contributed by atoms with Crippen LogP contribution in [0.1, 0.15) is 13.3 Å². The van der Waals surface area contributed by atoms with E-state index in [4.69, 9.17) is 11.5 Å². The molecule has 1 N–H and O–H groups in total. The second-order valence-electron chi connectivity index (χ2n) is 1.69.